The van der Waals surface area contributed by atoms with E-state index in [9.17, 15) is 24.9 Å². The summed E-state index contributed by atoms with van der Waals surface area (Å²) < 4.78 is 11.3. The lowest BCUT2D eigenvalue weighted by Gasteiger charge is -2.59. The highest BCUT2D eigenvalue weighted by Crippen LogP contribution is 2.63. The normalized spacial score (nSPS) is 29.2. The molecular formula is C31H36N2O7. The van der Waals surface area contributed by atoms with E-state index in [0.717, 1.165) is 24.2 Å². The first-order chi connectivity index (χ1) is 19.1. The second-order valence-corrected chi connectivity index (χ2v) is 11.7. The van der Waals surface area contributed by atoms with E-state index in [4.69, 9.17) is 9.47 Å². The lowest BCUT2D eigenvalue weighted by molar-refractivity contribution is -0.153. The summed E-state index contributed by atoms with van der Waals surface area (Å²) in [7, 11) is 0. The number of amides is 1. The van der Waals surface area contributed by atoms with Gasteiger partial charge in [0, 0.05) is 23.8 Å². The van der Waals surface area contributed by atoms with Gasteiger partial charge in [-0.15, -0.1) is 0 Å². The molecular weight excluding hydrogens is 512 g/mol. The van der Waals surface area contributed by atoms with Crippen molar-refractivity contribution >= 4 is 17.6 Å². The van der Waals surface area contributed by atoms with Crippen LogP contribution in [0.15, 0.2) is 47.7 Å². The van der Waals surface area contributed by atoms with Crippen LogP contribution in [0.5, 0.6) is 11.5 Å². The molecule has 2 fully saturated rings. The third-order valence-corrected chi connectivity index (χ3v) is 9.37. The van der Waals surface area contributed by atoms with Gasteiger partial charge in [-0.05, 0) is 94.8 Å². The summed E-state index contributed by atoms with van der Waals surface area (Å²) in [6.07, 6.45) is 2.49. The number of piperidine rings is 1. The number of phenolic OH excluding ortho intramolecular Hbond substituents is 1. The molecule has 0 unspecified atom stereocenters. The number of carbonyl (C=O) groups excluding carboxylic acids is 2. The van der Waals surface area contributed by atoms with E-state index in [2.05, 4.69) is 10.2 Å². The van der Waals surface area contributed by atoms with E-state index in [1.807, 2.05) is 13.0 Å². The number of nitrogens with zero attached hydrogens (tertiary/aromatic N) is 1. The molecule has 4 atom stereocenters. The molecule has 0 radical (unpaired) electrons. The quantitative estimate of drug-likeness (QED) is 0.234. The van der Waals surface area contributed by atoms with Gasteiger partial charge in [-0.1, -0.05) is 6.07 Å². The summed E-state index contributed by atoms with van der Waals surface area (Å²) >= 11 is 0. The van der Waals surface area contributed by atoms with Crippen molar-refractivity contribution in [2.24, 2.45) is 5.92 Å². The predicted octanol–water partition coefficient (Wildman–Crippen LogP) is 3.83. The number of phenols is 1. The molecule has 1 saturated carbocycles. The Kier molecular flexibility index (Phi) is 6.34. The largest absolute Gasteiger partial charge is 0.508 e. The number of carbonyl (C=O) groups is 2. The SMILES string of the molecule is CCOC(=O)c1ccc(NC(=O)/C(C)=C(\O)[C@@H]2Oc3c(O)ccc4c3[C@@]23CCN(CC2CC2)[C@H](C4)[C@@]3(C)O)cc1. The van der Waals surface area contributed by atoms with Gasteiger partial charge in [-0.3, -0.25) is 9.69 Å². The molecule has 2 aliphatic carbocycles. The minimum absolute atomic E-state index is 0.0426. The Morgan fingerprint density at radius 1 is 1.18 bits per heavy atom. The van der Waals surface area contributed by atoms with Gasteiger partial charge in [0.25, 0.3) is 5.91 Å². The molecule has 2 bridgehead atoms. The molecule has 2 aromatic carbocycles. The highest BCUT2D eigenvalue weighted by Gasteiger charge is 2.69. The van der Waals surface area contributed by atoms with Crippen LogP contribution in [0, 0.1) is 5.92 Å². The highest BCUT2D eigenvalue weighted by atomic mass is 16.5. The van der Waals surface area contributed by atoms with Crippen molar-refractivity contribution in [3.8, 4) is 11.5 Å². The molecule has 9 nitrogen and oxygen atoms in total. The first kappa shape index (κ1) is 26.7. The van der Waals surface area contributed by atoms with Crippen molar-refractivity contribution in [1.29, 1.82) is 0 Å². The predicted molar refractivity (Wildman–Crippen MR) is 148 cm³/mol. The number of aliphatic hydroxyl groups excluding tert-OH is 1. The second kappa shape index (κ2) is 9.52. The Bertz CT molecular complexity index is 1400. The number of rotatable bonds is 7. The fourth-order valence-corrected chi connectivity index (χ4v) is 7.01. The number of aromatic hydroxyl groups is 1. The lowest BCUT2D eigenvalue weighted by atomic mass is 9.53. The smallest absolute Gasteiger partial charge is 0.338 e. The van der Waals surface area contributed by atoms with Gasteiger partial charge in [0.1, 0.15) is 5.76 Å². The van der Waals surface area contributed by atoms with Crippen LogP contribution < -0.4 is 10.1 Å². The Labute approximate surface area is 233 Å². The van der Waals surface area contributed by atoms with Gasteiger partial charge in [0.05, 0.1) is 28.8 Å². The Morgan fingerprint density at radius 2 is 1.90 bits per heavy atom. The van der Waals surface area contributed by atoms with Crippen LogP contribution in [0.4, 0.5) is 5.69 Å². The molecule has 0 aromatic heterocycles. The van der Waals surface area contributed by atoms with E-state index >= 15 is 0 Å². The number of benzene rings is 2. The fourth-order valence-electron chi connectivity index (χ4n) is 7.01. The fraction of sp³-hybridized carbons (Fsp3) is 0.484. The Balaban J connectivity index is 1.33. The van der Waals surface area contributed by atoms with Crippen molar-refractivity contribution in [3.63, 3.8) is 0 Å². The van der Waals surface area contributed by atoms with Crippen LogP contribution in [-0.2, 0) is 21.4 Å². The topological polar surface area (TPSA) is 129 Å². The summed E-state index contributed by atoms with van der Waals surface area (Å²) in [6, 6.07) is 9.60. The summed E-state index contributed by atoms with van der Waals surface area (Å²) in [4.78, 5) is 27.6. The van der Waals surface area contributed by atoms with Crippen LogP contribution in [-0.4, -0.2) is 69.5 Å². The van der Waals surface area contributed by atoms with Crippen LogP contribution in [0.25, 0.3) is 0 Å². The summed E-state index contributed by atoms with van der Waals surface area (Å²) in [5.41, 5.74) is 0.251. The number of esters is 1. The zero-order chi connectivity index (χ0) is 28.4. The molecule has 4 N–H and O–H groups in total. The number of likely N-dealkylation sites (tertiary alicyclic amines) is 1. The number of nitrogens with one attached hydrogen (secondary N) is 1. The molecule has 212 valence electrons. The third kappa shape index (κ3) is 3.97. The number of fused-ring (bicyclic) bond motifs is 1. The van der Waals surface area contributed by atoms with Gasteiger partial charge in [-0.2, -0.15) is 0 Å². The maximum Gasteiger partial charge on any atom is 0.338 e. The molecule has 4 aliphatic rings. The highest BCUT2D eigenvalue weighted by molar-refractivity contribution is 6.04. The van der Waals surface area contributed by atoms with E-state index < -0.39 is 29.0 Å². The van der Waals surface area contributed by atoms with Crippen molar-refractivity contribution < 1.29 is 34.4 Å². The molecule has 1 spiro atoms. The molecule has 6 rings (SSSR count). The monoisotopic (exact) mass is 548 g/mol. The minimum Gasteiger partial charge on any atom is -0.508 e. The van der Waals surface area contributed by atoms with Gasteiger partial charge < -0.3 is 30.1 Å². The van der Waals surface area contributed by atoms with Gasteiger partial charge in [-0.25, -0.2) is 4.79 Å². The Morgan fingerprint density at radius 3 is 2.58 bits per heavy atom. The Hall–Kier alpha value is -3.56. The average Bonchev–Trinajstić information content (AvgIpc) is 3.67. The molecule has 2 aliphatic heterocycles. The first-order valence-corrected chi connectivity index (χ1v) is 14.0. The molecule has 1 saturated heterocycles. The molecule has 2 aromatic rings. The van der Waals surface area contributed by atoms with E-state index in [-0.39, 0.29) is 35.5 Å². The van der Waals surface area contributed by atoms with Crippen LogP contribution in [0.2, 0.25) is 0 Å². The number of anilines is 1. The van der Waals surface area contributed by atoms with Crippen molar-refractivity contribution in [2.75, 3.05) is 25.0 Å². The van der Waals surface area contributed by atoms with E-state index in [1.54, 1.807) is 37.3 Å². The van der Waals surface area contributed by atoms with Crippen molar-refractivity contribution in [2.45, 2.75) is 69.6 Å². The molecule has 2 heterocycles. The summed E-state index contributed by atoms with van der Waals surface area (Å²) in [5.74, 6) is -0.394. The molecule has 40 heavy (non-hydrogen) atoms. The summed E-state index contributed by atoms with van der Waals surface area (Å²) in [6.45, 7) is 6.97. The average molecular weight is 549 g/mol. The molecule has 1 amide bonds. The van der Waals surface area contributed by atoms with Crippen LogP contribution in [0.1, 0.15) is 61.5 Å². The second-order valence-electron chi connectivity index (χ2n) is 11.7. The first-order valence-electron chi connectivity index (χ1n) is 14.0. The standard InChI is InChI=1S/C31H36N2O7/c1-4-39-29(37)19-7-10-21(11-8-19)32-28(36)17(2)25(35)27-31-13-14-33(16-18-5-6-18)23(30(31,3)38)15-20-9-12-22(34)26(40-27)24(20)31/h7-12,18,23,27,34-35,38H,4-6,13-16H2,1-3H3,(H,32,36)/b25-17-/t23-,27+,30-,31+/m1/s1. The van der Waals surface area contributed by atoms with Gasteiger partial charge in [0.2, 0.25) is 0 Å². The zero-order valence-corrected chi connectivity index (χ0v) is 23.1. The van der Waals surface area contributed by atoms with Crippen LogP contribution in [0.3, 0.4) is 0 Å². The number of ether oxygens (including phenoxy) is 2. The van der Waals surface area contributed by atoms with Crippen LogP contribution >= 0.6 is 0 Å². The zero-order valence-electron chi connectivity index (χ0n) is 23.1. The van der Waals surface area contributed by atoms with E-state index in [1.165, 1.54) is 19.8 Å². The lowest BCUT2D eigenvalue weighted by Crippen LogP contribution is -2.73. The summed E-state index contributed by atoms with van der Waals surface area (Å²) in [5, 5.41) is 37.4. The number of hydrogen-bond acceptors (Lipinski definition) is 8. The van der Waals surface area contributed by atoms with Crippen molar-refractivity contribution in [1.82, 2.24) is 4.90 Å². The van der Waals surface area contributed by atoms with Gasteiger partial charge in [0.15, 0.2) is 17.6 Å². The van der Waals surface area contributed by atoms with Crippen molar-refractivity contribution in [3.05, 3.63) is 64.4 Å². The minimum atomic E-state index is -1.29. The molecule has 9 heteroatoms. The van der Waals surface area contributed by atoms with Gasteiger partial charge >= 0.3 is 5.97 Å². The number of hydrogen-bond donors (Lipinski definition) is 4. The maximum absolute atomic E-state index is 13.3. The van der Waals surface area contributed by atoms with E-state index in [0.29, 0.717) is 30.0 Å². The number of aliphatic hydroxyl groups is 2. The third-order valence-electron chi connectivity index (χ3n) is 9.37. The maximum atomic E-state index is 13.3.